The summed E-state index contributed by atoms with van der Waals surface area (Å²) >= 11 is 3.38. The molecule has 6 heteroatoms. The zero-order chi connectivity index (χ0) is 12.7. The number of nitrogens with zero attached hydrogens (tertiary/aromatic N) is 2. The van der Waals surface area contributed by atoms with Gasteiger partial charge >= 0.3 is 0 Å². The van der Waals surface area contributed by atoms with Gasteiger partial charge in [-0.3, -0.25) is 14.9 Å². The van der Waals surface area contributed by atoms with E-state index < -0.39 is 0 Å². The molecule has 1 aliphatic rings. The first kappa shape index (κ1) is 11.4. The maximum Gasteiger partial charge on any atom is 0.235 e. The maximum absolute atomic E-state index is 11.8. The molecule has 1 unspecified atom stereocenters. The van der Waals surface area contributed by atoms with Gasteiger partial charge in [-0.1, -0.05) is 15.9 Å². The molecule has 2 aromatic heterocycles. The van der Waals surface area contributed by atoms with E-state index in [1.165, 1.54) is 0 Å². The fraction of sp³-hybridized carbons (Fsp3) is 0.250. The Hall–Kier alpha value is -1.69. The number of hydrogen-bond acceptors (Lipinski definition) is 3. The highest BCUT2D eigenvalue weighted by atomic mass is 79.9. The first-order chi connectivity index (χ1) is 8.65. The zero-order valence-electron chi connectivity index (χ0n) is 9.39. The summed E-state index contributed by atoms with van der Waals surface area (Å²) in [5, 5.41) is 2.37. The molecule has 5 nitrogen and oxygen atoms in total. The third-order valence-corrected chi connectivity index (χ3v) is 3.59. The second-order valence-electron chi connectivity index (χ2n) is 4.26. The molecule has 1 N–H and O–H groups in total. The van der Waals surface area contributed by atoms with E-state index in [-0.39, 0.29) is 17.7 Å². The predicted octanol–water partition coefficient (Wildman–Crippen LogP) is 1.62. The van der Waals surface area contributed by atoms with Gasteiger partial charge in [0.15, 0.2) is 0 Å². The molecule has 1 saturated heterocycles. The Kier molecular flexibility index (Phi) is 2.66. The van der Waals surface area contributed by atoms with Gasteiger partial charge in [0.2, 0.25) is 11.8 Å². The third kappa shape index (κ3) is 1.82. The van der Waals surface area contributed by atoms with Gasteiger partial charge in [0, 0.05) is 23.3 Å². The van der Waals surface area contributed by atoms with Crippen molar-refractivity contribution in [3.8, 4) is 0 Å². The van der Waals surface area contributed by atoms with Crippen LogP contribution in [-0.2, 0) is 9.59 Å². The number of carbonyl (C=O) groups excluding carboxylic acids is 2. The van der Waals surface area contributed by atoms with Crippen LogP contribution in [0.3, 0.4) is 0 Å². The molecular formula is C12H10BrN3O2. The molecule has 3 heterocycles. The normalized spacial score (nSPS) is 20.2. The highest BCUT2D eigenvalue weighted by Gasteiger charge is 2.30. The Labute approximate surface area is 111 Å². The third-order valence-electron chi connectivity index (χ3n) is 3.10. The summed E-state index contributed by atoms with van der Waals surface area (Å²) in [6.45, 7) is 0. The maximum atomic E-state index is 11.8. The monoisotopic (exact) mass is 307 g/mol. The number of pyridine rings is 1. The van der Waals surface area contributed by atoms with Gasteiger partial charge in [-0.2, -0.15) is 0 Å². The lowest BCUT2D eigenvalue weighted by Gasteiger charge is -2.20. The molecule has 0 aliphatic carbocycles. The van der Waals surface area contributed by atoms with Crippen LogP contribution < -0.4 is 5.32 Å². The van der Waals surface area contributed by atoms with Crippen molar-refractivity contribution in [1.82, 2.24) is 14.7 Å². The van der Waals surface area contributed by atoms with Crippen molar-refractivity contribution in [1.29, 1.82) is 0 Å². The average Bonchev–Trinajstić information content (AvgIpc) is 2.72. The van der Waals surface area contributed by atoms with E-state index in [9.17, 15) is 9.59 Å². The Morgan fingerprint density at radius 1 is 1.44 bits per heavy atom. The van der Waals surface area contributed by atoms with E-state index >= 15 is 0 Å². The highest BCUT2D eigenvalue weighted by Crippen LogP contribution is 2.26. The van der Waals surface area contributed by atoms with Crippen LogP contribution in [0.4, 0.5) is 0 Å². The summed E-state index contributed by atoms with van der Waals surface area (Å²) in [7, 11) is 0. The molecule has 2 amide bonds. The summed E-state index contributed by atoms with van der Waals surface area (Å²) in [6, 6.07) is 3.78. The van der Waals surface area contributed by atoms with Gasteiger partial charge < -0.3 is 4.40 Å². The number of imidazole rings is 1. The number of hydrogen-bond donors (Lipinski definition) is 1. The lowest BCUT2D eigenvalue weighted by molar-refractivity contribution is -0.134. The number of fused-ring (bicyclic) bond motifs is 1. The quantitative estimate of drug-likeness (QED) is 0.814. The lowest BCUT2D eigenvalue weighted by Crippen LogP contribution is -2.39. The van der Waals surface area contributed by atoms with E-state index in [1.807, 2.05) is 22.7 Å². The van der Waals surface area contributed by atoms with Crippen molar-refractivity contribution in [2.75, 3.05) is 0 Å². The number of halogens is 1. The van der Waals surface area contributed by atoms with Gasteiger partial charge in [-0.15, -0.1) is 0 Å². The SMILES string of the molecule is O=C1CCC(c2cnc3cc(Br)ccn23)C(=O)N1. The summed E-state index contributed by atoms with van der Waals surface area (Å²) in [5.41, 5.74) is 1.60. The number of amides is 2. The van der Waals surface area contributed by atoms with E-state index in [2.05, 4.69) is 26.2 Å². The second-order valence-corrected chi connectivity index (χ2v) is 5.18. The molecule has 0 bridgehead atoms. The van der Waals surface area contributed by atoms with Crippen LogP contribution in [0, 0.1) is 0 Å². The fourth-order valence-electron chi connectivity index (χ4n) is 2.21. The van der Waals surface area contributed by atoms with Crippen molar-refractivity contribution in [3.63, 3.8) is 0 Å². The van der Waals surface area contributed by atoms with E-state index in [0.717, 1.165) is 15.8 Å². The number of rotatable bonds is 1. The van der Waals surface area contributed by atoms with Crippen LogP contribution in [0.25, 0.3) is 5.65 Å². The number of imide groups is 1. The molecule has 0 radical (unpaired) electrons. The number of piperidine rings is 1. The highest BCUT2D eigenvalue weighted by molar-refractivity contribution is 9.10. The van der Waals surface area contributed by atoms with Crippen LogP contribution in [0.15, 0.2) is 29.0 Å². The Morgan fingerprint density at radius 3 is 3.06 bits per heavy atom. The van der Waals surface area contributed by atoms with Crippen LogP contribution in [-0.4, -0.2) is 21.2 Å². The van der Waals surface area contributed by atoms with Crippen molar-refractivity contribution < 1.29 is 9.59 Å². The number of nitrogens with one attached hydrogen (secondary N) is 1. The number of aromatic nitrogens is 2. The predicted molar refractivity (Wildman–Crippen MR) is 68.0 cm³/mol. The Bertz CT molecular complexity index is 650. The van der Waals surface area contributed by atoms with Gasteiger partial charge in [-0.05, 0) is 18.6 Å². The van der Waals surface area contributed by atoms with Crippen LogP contribution in [0.5, 0.6) is 0 Å². The molecule has 0 aromatic carbocycles. The average molecular weight is 308 g/mol. The summed E-state index contributed by atoms with van der Waals surface area (Å²) in [6.07, 6.45) is 4.47. The topological polar surface area (TPSA) is 63.5 Å². The van der Waals surface area contributed by atoms with Gasteiger partial charge in [0.25, 0.3) is 0 Å². The summed E-state index contributed by atoms with van der Waals surface area (Å²) in [4.78, 5) is 27.2. The zero-order valence-corrected chi connectivity index (χ0v) is 11.0. The largest absolute Gasteiger partial charge is 0.303 e. The molecule has 1 atom stereocenters. The Balaban J connectivity index is 2.04. The van der Waals surface area contributed by atoms with Gasteiger partial charge in [0.1, 0.15) is 5.65 Å². The Morgan fingerprint density at radius 2 is 2.28 bits per heavy atom. The van der Waals surface area contributed by atoms with Crippen molar-refractivity contribution in [2.24, 2.45) is 0 Å². The minimum absolute atomic E-state index is 0.201. The van der Waals surface area contributed by atoms with Crippen molar-refractivity contribution >= 4 is 33.4 Å². The molecule has 1 fully saturated rings. The number of carbonyl (C=O) groups is 2. The molecule has 92 valence electrons. The molecule has 0 spiro atoms. The standard InChI is InChI=1S/C12H10BrN3O2/c13-7-3-4-16-9(6-14-10(16)5-7)8-1-2-11(17)15-12(8)18/h3-6,8H,1-2H2,(H,15,17,18). The lowest BCUT2D eigenvalue weighted by atomic mass is 9.95. The minimum atomic E-state index is -0.307. The second kappa shape index (κ2) is 4.20. The molecule has 1 aliphatic heterocycles. The fourth-order valence-corrected chi connectivity index (χ4v) is 2.53. The molecule has 18 heavy (non-hydrogen) atoms. The van der Waals surface area contributed by atoms with E-state index in [1.54, 1.807) is 6.20 Å². The minimum Gasteiger partial charge on any atom is -0.303 e. The van der Waals surface area contributed by atoms with Crippen molar-refractivity contribution in [3.05, 3.63) is 34.7 Å². The van der Waals surface area contributed by atoms with E-state index in [0.29, 0.717) is 12.8 Å². The molecular weight excluding hydrogens is 298 g/mol. The smallest absolute Gasteiger partial charge is 0.235 e. The van der Waals surface area contributed by atoms with Gasteiger partial charge in [0.05, 0.1) is 11.6 Å². The van der Waals surface area contributed by atoms with Crippen molar-refractivity contribution in [2.45, 2.75) is 18.8 Å². The molecule has 3 rings (SSSR count). The van der Waals surface area contributed by atoms with E-state index in [4.69, 9.17) is 0 Å². The summed E-state index contributed by atoms with van der Waals surface area (Å²) < 4.78 is 2.82. The molecule has 0 saturated carbocycles. The van der Waals surface area contributed by atoms with Gasteiger partial charge in [-0.25, -0.2) is 4.98 Å². The summed E-state index contributed by atoms with van der Waals surface area (Å²) in [5.74, 6) is -0.748. The first-order valence-corrected chi connectivity index (χ1v) is 6.40. The van der Waals surface area contributed by atoms with Crippen LogP contribution in [0.2, 0.25) is 0 Å². The van der Waals surface area contributed by atoms with Crippen LogP contribution >= 0.6 is 15.9 Å². The first-order valence-electron chi connectivity index (χ1n) is 5.61. The van der Waals surface area contributed by atoms with Crippen LogP contribution in [0.1, 0.15) is 24.5 Å². The molecule has 2 aromatic rings.